The van der Waals surface area contributed by atoms with E-state index in [-0.39, 0.29) is 5.82 Å². The lowest BCUT2D eigenvalue weighted by atomic mass is 9.93. The summed E-state index contributed by atoms with van der Waals surface area (Å²) in [4.78, 5) is 24.0. The minimum absolute atomic E-state index is 0.197. The molecule has 1 atom stereocenters. The van der Waals surface area contributed by atoms with E-state index in [4.69, 9.17) is 4.74 Å². The van der Waals surface area contributed by atoms with Crippen LogP contribution >= 0.6 is 0 Å². The Labute approximate surface area is 211 Å². The molecule has 37 heavy (non-hydrogen) atoms. The van der Waals surface area contributed by atoms with Gasteiger partial charge in [0, 0.05) is 5.56 Å². The summed E-state index contributed by atoms with van der Waals surface area (Å²) in [6, 6.07) is 20.1. The van der Waals surface area contributed by atoms with E-state index >= 15 is 0 Å². The van der Waals surface area contributed by atoms with Gasteiger partial charge in [0.2, 0.25) is 0 Å². The highest BCUT2D eigenvalue weighted by molar-refractivity contribution is 5.85. The van der Waals surface area contributed by atoms with E-state index in [9.17, 15) is 23.5 Å². The van der Waals surface area contributed by atoms with E-state index < -0.39 is 35.2 Å². The van der Waals surface area contributed by atoms with Crippen molar-refractivity contribution < 1.29 is 28.2 Å². The normalized spacial score (nSPS) is 14.6. The molecule has 1 heterocycles. The standard InChI is InChI=1S/C28H23F2N3O4/c1-17(18-5-3-2-4-6-18)37-27(36)32-25-24(30)16-31-33(25)21-10-7-19(8-11-21)22-12-9-20(15-23(22)29)28(13-14-28)26(34)35/h2-12,15-17H,13-14H2,1H3,(H,32,36)(H,34,35). The average molecular weight is 504 g/mol. The summed E-state index contributed by atoms with van der Waals surface area (Å²) >= 11 is 0. The SMILES string of the molecule is CC(OC(=O)Nc1c(F)cnn1-c1ccc(-c2ccc(C3(C(=O)O)CC3)cc2F)cc1)c1ccccc1. The van der Waals surface area contributed by atoms with E-state index in [0.717, 1.165) is 11.8 Å². The number of hydrogen-bond acceptors (Lipinski definition) is 4. The Kier molecular flexibility index (Phi) is 6.20. The number of aliphatic carboxylic acids is 1. The van der Waals surface area contributed by atoms with Crippen molar-refractivity contribution in [3.05, 3.63) is 102 Å². The second-order valence-electron chi connectivity index (χ2n) is 8.96. The third-order valence-corrected chi connectivity index (χ3v) is 6.60. The number of carboxylic acids is 1. The molecule has 7 nitrogen and oxygen atoms in total. The van der Waals surface area contributed by atoms with Gasteiger partial charge in [-0.1, -0.05) is 54.6 Å². The number of amides is 1. The first-order valence-corrected chi connectivity index (χ1v) is 11.7. The number of carboxylic acid groups (broad SMARTS) is 1. The minimum atomic E-state index is -0.989. The highest BCUT2D eigenvalue weighted by Gasteiger charge is 2.51. The van der Waals surface area contributed by atoms with Gasteiger partial charge in [0.1, 0.15) is 11.9 Å². The fourth-order valence-corrected chi connectivity index (χ4v) is 4.30. The number of nitrogens with one attached hydrogen (secondary N) is 1. The van der Waals surface area contributed by atoms with Crippen LogP contribution in [0.15, 0.2) is 79.0 Å². The summed E-state index contributed by atoms with van der Waals surface area (Å²) in [6.45, 7) is 1.71. The van der Waals surface area contributed by atoms with Gasteiger partial charge < -0.3 is 9.84 Å². The molecule has 188 valence electrons. The number of halogens is 2. The Hall–Kier alpha value is -4.53. The topological polar surface area (TPSA) is 93.5 Å². The van der Waals surface area contributed by atoms with Gasteiger partial charge in [-0.05, 0) is 54.7 Å². The van der Waals surface area contributed by atoms with Gasteiger partial charge in [0.15, 0.2) is 11.6 Å². The molecule has 1 aliphatic rings. The van der Waals surface area contributed by atoms with E-state index in [1.807, 2.05) is 30.3 Å². The fraction of sp³-hybridized carbons (Fsp3) is 0.179. The molecule has 1 unspecified atom stereocenters. The highest BCUT2D eigenvalue weighted by atomic mass is 19.1. The molecule has 0 aliphatic heterocycles. The molecular weight excluding hydrogens is 480 g/mol. The third-order valence-electron chi connectivity index (χ3n) is 6.60. The Morgan fingerprint density at radius 1 is 1.03 bits per heavy atom. The number of anilines is 1. The zero-order valence-electron chi connectivity index (χ0n) is 19.8. The molecule has 0 spiro atoms. The lowest BCUT2D eigenvalue weighted by Crippen LogP contribution is -2.19. The van der Waals surface area contributed by atoms with Gasteiger partial charge in [-0.3, -0.25) is 10.1 Å². The number of carbonyl (C=O) groups is 2. The van der Waals surface area contributed by atoms with Crippen molar-refractivity contribution in [3.63, 3.8) is 0 Å². The molecule has 0 bridgehead atoms. The molecule has 1 aliphatic carbocycles. The van der Waals surface area contributed by atoms with Crippen molar-refractivity contribution in [1.82, 2.24) is 9.78 Å². The predicted octanol–water partition coefficient (Wildman–Crippen LogP) is 6.24. The van der Waals surface area contributed by atoms with Crippen LogP contribution in [0.4, 0.5) is 19.4 Å². The van der Waals surface area contributed by atoms with Crippen LogP contribution in [0.5, 0.6) is 0 Å². The van der Waals surface area contributed by atoms with Gasteiger partial charge in [-0.15, -0.1) is 0 Å². The van der Waals surface area contributed by atoms with Crippen molar-refractivity contribution in [3.8, 4) is 16.8 Å². The molecule has 5 rings (SSSR count). The van der Waals surface area contributed by atoms with Crippen molar-refractivity contribution in [2.75, 3.05) is 5.32 Å². The van der Waals surface area contributed by atoms with Crippen LogP contribution in [0.25, 0.3) is 16.8 Å². The highest BCUT2D eigenvalue weighted by Crippen LogP contribution is 2.49. The fourth-order valence-electron chi connectivity index (χ4n) is 4.30. The molecule has 9 heteroatoms. The minimum Gasteiger partial charge on any atom is -0.481 e. The maximum absolute atomic E-state index is 14.9. The van der Waals surface area contributed by atoms with Gasteiger partial charge in [0.25, 0.3) is 0 Å². The zero-order chi connectivity index (χ0) is 26.2. The molecule has 1 aromatic heterocycles. The molecule has 0 radical (unpaired) electrons. The number of rotatable bonds is 7. The molecular formula is C28H23F2N3O4. The number of nitrogens with zero attached hydrogens (tertiary/aromatic N) is 2. The summed E-state index contributed by atoms with van der Waals surface area (Å²) in [5, 5.41) is 15.9. The number of ether oxygens (including phenoxy) is 1. The maximum atomic E-state index is 14.9. The molecule has 0 saturated heterocycles. The first-order chi connectivity index (χ1) is 17.8. The summed E-state index contributed by atoms with van der Waals surface area (Å²) in [5.41, 5.74) is 1.54. The number of aromatic nitrogens is 2. The Morgan fingerprint density at radius 2 is 1.73 bits per heavy atom. The maximum Gasteiger partial charge on any atom is 0.413 e. The summed E-state index contributed by atoms with van der Waals surface area (Å²) in [6.07, 6.45) is 0.562. The zero-order valence-corrected chi connectivity index (χ0v) is 19.8. The van der Waals surface area contributed by atoms with Crippen LogP contribution in [0.3, 0.4) is 0 Å². The van der Waals surface area contributed by atoms with Crippen molar-refractivity contribution >= 4 is 17.9 Å². The smallest absolute Gasteiger partial charge is 0.413 e. The molecule has 1 fully saturated rings. The van der Waals surface area contributed by atoms with Crippen molar-refractivity contribution in [1.29, 1.82) is 0 Å². The molecule has 3 aromatic carbocycles. The molecule has 1 saturated carbocycles. The van der Waals surface area contributed by atoms with Crippen LogP contribution < -0.4 is 5.32 Å². The van der Waals surface area contributed by atoms with Crippen LogP contribution in [-0.4, -0.2) is 26.9 Å². The van der Waals surface area contributed by atoms with E-state index in [0.29, 0.717) is 35.2 Å². The molecule has 1 amide bonds. The average Bonchev–Trinajstić information content (AvgIpc) is 3.64. The van der Waals surface area contributed by atoms with E-state index in [2.05, 4.69) is 10.4 Å². The summed E-state index contributed by atoms with van der Waals surface area (Å²) < 4.78 is 35.9. The van der Waals surface area contributed by atoms with Crippen LogP contribution in [0.2, 0.25) is 0 Å². The molecule has 2 N–H and O–H groups in total. The van der Waals surface area contributed by atoms with Gasteiger partial charge in [-0.25, -0.2) is 18.3 Å². The van der Waals surface area contributed by atoms with Gasteiger partial charge in [0.05, 0.1) is 17.3 Å². The van der Waals surface area contributed by atoms with Crippen molar-refractivity contribution in [2.24, 2.45) is 0 Å². The first kappa shape index (κ1) is 24.2. The largest absolute Gasteiger partial charge is 0.481 e. The van der Waals surface area contributed by atoms with Gasteiger partial charge in [-0.2, -0.15) is 5.10 Å². The van der Waals surface area contributed by atoms with Crippen LogP contribution in [0, 0.1) is 11.6 Å². The second-order valence-corrected chi connectivity index (χ2v) is 8.96. The summed E-state index contributed by atoms with van der Waals surface area (Å²) in [7, 11) is 0. The van der Waals surface area contributed by atoms with Crippen LogP contribution in [-0.2, 0) is 14.9 Å². The Bertz CT molecular complexity index is 1460. The quantitative estimate of drug-likeness (QED) is 0.311. The van der Waals surface area contributed by atoms with Crippen molar-refractivity contribution in [2.45, 2.75) is 31.3 Å². The number of carbonyl (C=O) groups excluding carboxylic acids is 1. The van der Waals surface area contributed by atoms with E-state index in [1.54, 1.807) is 43.3 Å². The molecule has 4 aromatic rings. The monoisotopic (exact) mass is 503 g/mol. The van der Waals surface area contributed by atoms with E-state index in [1.165, 1.54) is 10.7 Å². The predicted molar refractivity (Wildman–Crippen MR) is 132 cm³/mol. The van der Waals surface area contributed by atoms with Crippen LogP contribution in [0.1, 0.15) is 37.0 Å². The third kappa shape index (κ3) is 4.67. The number of benzene rings is 3. The summed E-state index contributed by atoms with van der Waals surface area (Å²) in [5.74, 6) is -2.42. The number of hydrogen-bond donors (Lipinski definition) is 2. The Morgan fingerprint density at radius 3 is 2.35 bits per heavy atom. The first-order valence-electron chi connectivity index (χ1n) is 11.7. The Balaban J connectivity index is 1.33. The lowest BCUT2D eigenvalue weighted by Gasteiger charge is -2.15. The van der Waals surface area contributed by atoms with Gasteiger partial charge >= 0.3 is 12.1 Å². The second kappa shape index (κ2) is 9.50. The lowest BCUT2D eigenvalue weighted by molar-refractivity contribution is -0.140.